The number of nitrogens with zero attached hydrogens (tertiary/aromatic N) is 2. The Morgan fingerprint density at radius 2 is 2.20 bits per heavy atom. The van der Waals surface area contributed by atoms with E-state index in [1.54, 1.807) is 42.7 Å². The fraction of sp³-hybridized carbons (Fsp3) is 0.176. The van der Waals surface area contributed by atoms with E-state index in [0.717, 1.165) is 5.56 Å². The molecular weight excluding hydrogens is 340 g/mol. The number of aromatic nitrogens is 1. The number of rotatable bonds is 6. The molecular formula is C17H18N4O3S. The number of hydrogen-bond acceptors (Lipinski definition) is 6. The molecule has 0 saturated heterocycles. The zero-order valence-corrected chi connectivity index (χ0v) is 14.7. The largest absolute Gasteiger partial charge is 0.493 e. The SMILES string of the molecule is CCNC(=S)NN=Cc1ccc(OC(=O)c2cccnc2)c(OC)c1. The quantitative estimate of drug-likeness (QED) is 0.269. The maximum Gasteiger partial charge on any atom is 0.345 e. The van der Waals surface area contributed by atoms with Gasteiger partial charge in [0, 0.05) is 18.9 Å². The van der Waals surface area contributed by atoms with Crippen LogP contribution in [0.25, 0.3) is 0 Å². The number of esters is 1. The number of carbonyl (C=O) groups excluding carboxylic acids is 1. The molecule has 0 aliphatic heterocycles. The third kappa shape index (κ3) is 5.54. The Labute approximate surface area is 151 Å². The molecule has 0 aliphatic rings. The summed E-state index contributed by atoms with van der Waals surface area (Å²) in [6, 6.07) is 8.38. The second-order valence-electron chi connectivity index (χ2n) is 4.77. The molecule has 0 amide bonds. The van der Waals surface area contributed by atoms with Gasteiger partial charge in [-0.25, -0.2) is 4.79 Å². The summed E-state index contributed by atoms with van der Waals surface area (Å²) < 4.78 is 10.6. The Hall–Kier alpha value is -3.00. The molecule has 1 aromatic carbocycles. The summed E-state index contributed by atoms with van der Waals surface area (Å²) in [4.78, 5) is 16.0. The summed E-state index contributed by atoms with van der Waals surface area (Å²) in [5.41, 5.74) is 3.81. The Kier molecular flexibility index (Phi) is 6.85. The van der Waals surface area contributed by atoms with Crippen molar-refractivity contribution in [2.24, 2.45) is 5.10 Å². The van der Waals surface area contributed by atoms with Crippen LogP contribution in [0.15, 0.2) is 47.8 Å². The number of thiocarbonyl (C=S) groups is 1. The minimum Gasteiger partial charge on any atom is -0.493 e. The number of carbonyl (C=O) groups is 1. The van der Waals surface area contributed by atoms with Crippen LogP contribution in [0, 0.1) is 0 Å². The lowest BCUT2D eigenvalue weighted by Gasteiger charge is -2.10. The van der Waals surface area contributed by atoms with Gasteiger partial charge in [-0.3, -0.25) is 10.4 Å². The average molecular weight is 358 g/mol. The number of nitrogens with one attached hydrogen (secondary N) is 2. The van der Waals surface area contributed by atoms with Crippen molar-refractivity contribution in [3.05, 3.63) is 53.9 Å². The molecule has 0 aliphatic carbocycles. The predicted octanol–water partition coefficient (Wildman–Crippen LogP) is 2.13. The van der Waals surface area contributed by atoms with Gasteiger partial charge in [0.1, 0.15) is 0 Å². The van der Waals surface area contributed by atoms with Gasteiger partial charge in [-0.05, 0) is 55.0 Å². The van der Waals surface area contributed by atoms with Crippen LogP contribution in [0.5, 0.6) is 11.5 Å². The van der Waals surface area contributed by atoms with Crippen LogP contribution >= 0.6 is 12.2 Å². The average Bonchev–Trinajstić information content (AvgIpc) is 2.63. The molecule has 0 atom stereocenters. The number of ether oxygens (including phenoxy) is 2. The second-order valence-corrected chi connectivity index (χ2v) is 5.18. The van der Waals surface area contributed by atoms with Gasteiger partial charge in [-0.1, -0.05) is 0 Å². The van der Waals surface area contributed by atoms with E-state index in [1.165, 1.54) is 13.3 Å². The minimum atomic E-state index is -0.509. The Morgan fingerprint density at radius 3 is 2.88 bits per heavy atom. The molecule has 2 rings (SSSR count). The van der Waals surface area contributed by atoms with Gasteiger partial charge in [-0.2, -0.15) is 5.10 Å². The van der Waals surface area contributed by atoms with Crippen LogP contribution in [0.4, 0.5) is 0 Å². The smallest absolute Gasteiger partial charge is 0.345 e. The van der Waals surface area contributed by atoms with E-state index in [2.05, 4.69) is 20.8 Å². The van der Waals surface area contributed by atoms with Gasteiger partial charge in [0.15, 0.2) is 16.6 Å². The highest BCUT2D eigenvalue weighted by molar-refractivity contribution is 7.80. The van der Waals surface area contributed by atoms with E-state index >= 15 is 0 Å². The summed E-state index contributed by atoms with van der Waals surface area (Å²) in [5.74, 6) is 0.213. The molecule has 8 heteroatoms. The zero-order valence-electron chi connectivity index (χ0n) is 13.9. The lowest BCUT2D eigenvalue weighted by Crippen LogP contribution is -2.31. The molecule has 2 aromatic rings. The Morgan fingerprint density at radius 1 is 1.36 bits per heavy atom. The summed E-state index contributed by atoms with van der Waals surface area (Å²) in [5, 5.41) is 7.38. The van der Waals surface area contributed by atoms with Crippen molar-refractivity contribution in [1.29, 1.82) is 0 Å². The van der Waals surface area contributed by atoms with Crippen LogP contribution in [-0.4, -0.2) is 35.9 Å². The molecule has 7 nitrogen and oxygen atoms in total. The first-order chi connectivity index (χ1) is 12.1. The number of hydrogen-bond donors (Lipinski definition) is 2. The molecule has 0 fully saturated rings. The van der Waals surface area contributed by atoms with Gasteiger partial charge >= 0.3 is 5.97 Å². The molecule has 1 heterocycles. The van der Waals surface area contributed by atoms with Crippen LogP contribution in [0.3, 0.4) is 0 Å². The van der Waals surface area contributed by atoms with Crippen molar-refractivity contribution in [3.63, 3.8) is 0 Å². The highest BCUT2D eigenvalue weighted by atomic mass is 32.1. The molecule has 0 radical (unpaired) electrons. The molecule has 130 valence electrons. The van der Waals surface area contributed by atoms with Crippen molar-refractivity contribution in [3.8, 4) is 11.5 Å². The summed E-state index contributed by atoms with van der Waals surface area (Å²) in [6.45, 7) is 2.65. The summed E-state index contributed by atoms with van der Waals surface area (Å²) in [6.07, 6.45) is 4.61. The summed E-state index contributed by atoms with van der Waals surface area (Å²) >= 11 is 5.01. The van der Waals surface area contributed by atoms with Crippen molar-refractivity contribution < 1.29 is 14.3 Å². The number of hydrazone groups is 1. The van der Waals surface area contributed by atoms with E-state index < -0.39 is 5.97 Å². The molecule has 25 heavy (non-hydrogen) atoms. The molecule has 0 unspecified atom stereocenters. The third-order valence-electron chi connectivity index (χ3n) is 3.00. The Bertz CT molecular complexity index is 766. The lowest BCUT2D eigenvalue weighted by atomic mass is 10.2. The van der Waals surface area contributed by atoms with Gasteiger partial charge in [0.25, 0.3) is 0 Å². The Balaban J connectivity index is 2.07. The van der Waals surface area contributed by atoms with E-state index in [-0.39, 0.29) is 0 Å². The van der Waals surface area contributed by atoms with Crippen molar-refractivity contribution in [2.45, 2.75) is 6.92 Å². The number of pyridine rings is 1. The van der Waals surface area contributed by atoms with Crippen LogP contribution in [0.1, 0.15) is 22.8 Å². The third-order valence-corrected chi connectivity index (χ3v) is 3.24. The molecule has 0 saturated carbocycles. The van der Waals surface area contributed by atoms with Crippen LogP contribution in [-0.2, 0) is 0 Å². The fourth-order valence-corrected chi connectivity index (χ4v) is 2.05. The number of benzene rings is 1. The zero-order chi connectivity index (χ0) is 18.1. The van der Waals surface area contributed by atoms with E-state index in [4.69, 9.17) is 21.7 Å². The maximum absolute atomic E-state index is 12.1. The first-order valence-electron chi connectivity index (χ1n) is 7.51. The molecule has 1 aromatic heterocycles. The van der Waals surface area contributed by atoms with Crippen LogP contribution < -0.4 is 20.2 Å². The fourth-order valence-electron chi connectivity index (χ4n) is 1.86. The van der Waals surface area contributed by atoms with Crippen LogP contribution in [0.2, 0.25) is 0 Å². The van der Waals surface area contributed by atoms with Gasteiger partial charge in [-0.15, -0.1) is 0 Å². The molecule has 0 spiro atoms. The lowest BCUT2D eigenvalue weighted by molar-refractivity contribution is 0.0729. The predicted molar refractivity (Wildman–Crippen MR) is 99.2 cm³/mol. The number of methoxy groups -OCH3 is 1. The first-order valence-corrected chi connectivity index (χ1v) is 7.92. The van der Waals surface area contributed by atoms with E-state index in [9.17, 15) is 4.79 Å². The maximum atomic E-state index is 12.1. The first kappa shape index (κ1) is 18.3. The van der Waals surface area contributed by atoms with Gasteiger partial charge in [0.05, 0.1) is 18.9 Å². The van der Waals surface area contributed by atoms with Gasteiger partial charge < -0.3 is 14.8 Å². The van der Waals surface area contributed by atoms with E-state index in [0.29, 0.717) is 28.7 Å². The topological polar surface area (TPSA) is 84.8 Å². The van der Waals surface area contributed by atoms with Crippen molar-refractivity contribution in [2.75, 3.05) is 13.7 Å². The highest BCUT2D eigenvalue weighted by Crippen LogP contribution is 2.28. The standard InChI is InChI=1S/C17H18N4O3S/c1-3-19-17(25)21-20-10-12-6-7-14(15(9-12)23-2)24-16(22)13-5-4-8-18-11-13/h4-11H,3H2,1-2H3,(H2,19,21,25). The monoisotopic (exact) mass is 358 g/mol. The molecule has 2 N–H and O–H groups in total. The van der Waals surface area contributed by atoms with E-state index in [1.807, 2.05) is 6.92 Å². The second kappa shape index (κ2) is 9.33. The summed E-state index contributed by atoms with van der Waals surface area (Å²) in [7, 11) is 1.50. The van der Waals surface area contributed by atoms with Gasteiger partial charge in [0.2, 0.25) is 0 Å². The van der Waals surface area contributed by atoms with Crippen molar-refractivity contribution in [1.82, 2.24) is 15.7 Å². The normalized spacial score (nSPS) is 10.3. The minimum absolute atomic E-state index is 0.310. The highest BCUT2D eigenvalue weighted by Gasteiger charge is 2.12. The van der Waals surface area contributed by atoms with Crippen molar-refractivity contribution >= 4 is 29.5 Å². The molecule has 0 bridgehead atoms.